The van der Waals surface area contributed by atoms with E-state index in [9.17, 15) is 23.3 Å². The average Bonchev–Trinajstić information content (AvgIpc) is 3.26. The monoisotopic (exact) mass is 528 g/mol. The van der Waals surface area contributed by atoms with E-state index in [4.69, 9.17) is 4.18 Å². The number of amides is 1. The van der Waals surface area contributed by atoms with E-state index in [0.29, 0.717) is 5.56 Å². The fourth-order valence-electron chi connectivity index (χ4n) is 2.83. The first kappa shape index (κ1) is 24.3. The molecule has 0 spiro atoms. The molecule has 0 saturated heterocycles. The van der Waals surface area contributed by atoms with Gasteiger partial charge in [-0.25, -0.2) is 10.4 Å². The summed E-state index contributed by atoms with van der Waals surface area (Å²) in [5.41, 5.74) is 3.39. The molecule has 1 aromatic heterocycles. The van der Waals surface area contributed by atoms with Crippen LogP contribution in [0.15, 0.2) is 87.1 Å². The topological polar surface area (TPSA) is 141 Å². The van der Waals surface area contributed by atoms with Crippen molar-refractivity contribution in [2.75, 3.05) is 5.75 Å². The third kappa shape index (κ3) is 6.41. The third-order valence-corrected chi connectivity index (χ3v) is 7.81. The summed E-state index contributed by atoms with van der Waals surface area (Å²) in [7, 11) is -4.29. The van der Waals surface area contributed by atoms with Crippen LogP contribution >= 0.6 is 23.1 Å². The van der Waals surface area contributed by atoms with Gasteiger partial charge in [-0.05, 0) is 35.9 Å². The predicted octanol–water partition coefficient (Wildman–Crippen LogP) is 4.21. The Bertz CT molecular complexity index is 1500. The summed E-state index contributed by atoms with van der Waals surface area (Å²) in [6.45, 7) is 0. The number of para-hydroxylation sites is 1. The van der Waals surface area contributed by atoms with Gasteiger partial charge >= 0.3 is 10.1 Å². The first-order valence-electron chi connectivity index (χ1n) is 9.89. The summed E-state index contributed by atoms with van der Waals surface area (Å²) in [4.78, 5) is 26.4. The number of aromatic nitrogens is 1. The number of thioether (sulfide) groups is 1. The Balaban J connectivity index is 1.34. The fourth-order valence-corrected chi connectivity index (χ4v) is 5.65. The molecule has 0 aliphatic carbocycles. The van der Waals surface area contributed by atoms with Crippen molar-refractivity contribution in [2.24, 2.45) is 5.10 Å². The Labute approximate surface area is 207 Å². The molecule has 0 radical (unpaired) electrons. The Kier molecular flexibility index (Phi) is 7.39. The second-order valence-corrected chi connectivity index (χ2v) is 10.7. The van der Waals surface area contributed by atoms with Gasteiger partial charge in [0.15, 0.2) is 4.34 Å². The highest BCUT2D eigenvalue weighted by Crippen LogP contribution is 2.29. The lowest BCUT2D eigenvalue weighted by Gasteiger charge is -2.07. The Morgan fingerprint density at radius 3 is 2.74 bits per heavy atom. The van der Waals surface area contributed by atoms with Gasteiger partial charge in [-0.15, -0.1) is 11.3 Å². The number of benzene rings is 3. The number of carbonyl (C=O) groups excluding carboxylic acids is 1. The lowest BCUT2D eigenvalue weighted by atomic mass is 10.2. The standard InChI is InChI=1S/C22H16N4O6S3/c27-21(14-33-22-24-19-9-1-2-10-20(19)34-22)25-23-13-15-5-3-7-17(11-15)32-35(30,31)18-8-4-6-16(12-18)26(28)29/h1-13H,14H2,(H,25,27)/b23-13-. The highest BCUT2D eigenvalue weighted by molar-refractivity contribution is 8.01. The summed E-state index contributed by atoms with van der Waals surface area (Å²) in [6.07, 6.45) is 1.34. The first-order valence-corrected chi connectivity index (χ1v) is 13.1. The molecule has 3 aromatic carbocycles. The number of hydrogen-bond acceptors (Lipinski definition) is 10. The maximum absolute atomic E-state index is 12.5. The van der Waals surface area contributed by atoms with Gasteiger partial charge in [0.1, 0.15) is 10.6 Å². The van der Waals surface area contributed by atoms with Gasteiger partial charge in [0.05, 0.1) is 27.1 Å². The zero-order valence-electron chi connectivity index (χ0n) is 17.7. The SMILES string of the molecule is O=C(CSc1nc2ccccc2s1)N/N=C\c1cccc(OS(=O)(=O)c2cccc([N+](=O)[O-])c2)c1. The molecule has 0 fully saturated rings. The number of nitrogens with one attached hydrogen (secondary N) is 1. The second kappa shape index (κ2) is 10.6. The Morgan fingerprint density at radius 2 is 1.94 bits per heavy atom. The third-order valence-electron chi connectivity index (χ3n) is 4.39. The largest absolute Gasteiger partial charge is 0.379 e. The summed E-state index contributed by atoms with van der Waals surface area (Å²) in [5, 5.41) is 14.8. The van der Waals surface area contributed by atoms with Gasteiger partial charge in [0, 0.05) is 12.1 Å². The molecule has 0 atom stereocenters. The second-order valence-electron chi connectivity index (χ2n) is 6.89. The van der Waals surface area contributed by atoms with Crippen LogP contribution in [0.4, 0.5) is 5.69 Å². The van der Waals surface area contributed by atoms with E-state index < -0.39 is 15.0 Å². The van der Waals surface area contributed by atoms with Crippen LogP contribution in [0.3, 0.4) is 0 Å². The van der Waals surface area contributed by atoms with E-state index in [1.807, 2.05) is 24.3 Å². The minimum absolute atomic E-state index is 0.0156. The minimum Gasteiger partial charge on any atom is -0.379 e. The number of hydrogen-bond donors (Lipinski definition) is 1. The van der Waals surface area contributed by atoms with Crippen molar-refractivity contribution in [3.8, 4) is 5.75 Å². The molecule has 10 nitrogen and oxygen atoms in total. The van der Waals surface area contributed by atoms with Crippen LogP contribution in [-0.2, 0) is 14.9 Å². The van der Waals surface area contributed by atoms with E-state index in [0.717, 1.165) is 20.6 Å². The van der Waals surface area contributed by atoms with Gasteiger partial charge in [0.2, 0.25) is 0 Å². The van der Waals surface area contributed by atoms with Crippen molar-refractivity contribution < 1.29 is 22.3 Å². The Hall–Kier alpha value is -3.81. The van der Waals surface area contributed by atoms with Crippen molar-refractivity contribution in [2.45, 2.75) is 9.24 Å². The van der Waals surface area contributed by atoms with Crippen molar-refractivity contribution >= 4 is 61.2 Å². The normalized spacial score (nSPS) is 11.5. The zero-order chi connectivity index (χ0) is 24.8. The number of non-ortho nitro benzene ring substituents is 1. The lowest BCUT2D eigenvalue weighted by molar-refractivity contribution is -0.385. The van der Waals surface area contributed by atoms with E-state index in [1.54, 1.807) is 12.1 Å². The molecule has 1 amide bonds. The van der Waals surface area contributed by atoms with Crippen molar-refractivity contribution in [3.05, 3.63) is 88.5 Å². The van der Waals surface area contributed by atoms with Gasteiger partial charge in [-0.2, -0.15) is 13.5 Å². The molecule has 35 heavy (non-hydrogen) atoms. The predicted molar refractivity (Wildman–Crippen MR) is 133 cm³/mol. The maximum Gasteiger partial charge on any atom is 0.339 e. The highest BCUT2D eigenvalue weighted by Gasteiger charge is 2.20. The van der Waals surface area contributed by atoms with E-state index in [2.05, 4.69) is 15.5 Å². The molecule has 13 heteroatoms. The zero-order valence-corrected chi connectivity index (χ0v) is 20.2. The summed E-state index contributed by atoms with van der Waals surface area (Å²) >= 11 is 2.81. The fraction of sp³-hybridized carbons (Fsp3) is 0.0455. The van der Waals surface area contributed by atoms with Gasteiger partial charge in [0.25, 0.3) is 11.6 Å². The molecule has 1 heterocycles. The van der Waals surface area contributed by atoms with Gasteiger partial charge in [-0.3, -0.25) is 14.9 Å². The molecule has 1 N–H and O–H groups in total. The lowest BCUT2D eigenvalue weighted by Crippen LogP contribution is -2.19. The van der Waals surface area contributed by atoms with Crippen molar-refractivity contribution in [1.82, 2.24) is 10.4 Å². The molecule has 0 aliphatic heterocycles. The Morgan fingerprint density at radius 1 is 1.14 bits per heavy atom. The summed E-state index contributed by atoms with van der Waals surface area (Å²) in [6, 6.07) is 18.3. The molecule has 0 saturated carbocycles. The van der Waals surface area contributed by atoms with E-state index >= 15 is 0 Å². The maximum atomic E-state index is 12.5. The minimum atomic E-state index is -4.29. The number of rotatable bonds is 9. The van der Waals surface area contributed by atoms with E-state index in [1.165, 1.54) is 59.6 Å². The molecule has 4 aromatic rings. The number of carbonyl (C=O) groups is 1. The first-order chi connectivity index (χ1) is 16.8. The van der Waals surface area contributed by atoms with Crippen LogP contribution in [0.25, 0.3) is 10.2 Å². The number of nitro groups is 1. The van der Waals surface area contributed by atoms with Crippen LogP contribution in [0.2, 0.25) is 0 Å². The summed E-state index contributed by atoms with van der Waals surface area (Å²) < 4.78 is 31.9. The molecular formula is C22H16N4O6S3. The van der Waals surface area contributed by atoms with Gasteiger partial charge in [-0.1, -0.05) is 42.1 Å². The molecule has 0 aliphatic rings. The number of thiazole rings is 1. The number of nitro benzene ring substituents is 1. The summed E-state index contributed by atoms with van der Waals surface area (Å²) in [5.74, 6) is -0.216. The van der Waals surface area contributed by atoms with Crippen molar-refractivity contribution in [1.29, 1.82) is 0 Å². The van der Waals surface area contributed by atoms with Crippen LogP contribution in [0, 0.1) is 10.1 Å². The van der Waals surface area contributed by atoms with E-state index in [-0.39, 0.29) is 28.0 Å². The van der Waals surface area contributed by atoms with Crippen LogP contribution in [0.1, 0.15) is 5.56 Å². The van der Waals surface area contributed by atoms with Crippen LogP contribution < -0.4 is 9.61 Å². The molecule has 0 bridgehead atoms. The van der Waals surface area contributed by atoms with Gasteiger partial charge < -0.3 is 4.18 Å². The number of hydrazone groups is 1. The highest BCUT2D eigenvalue weighted by atomic mass is 32.2. The smallest absolute Gasteiger partial charge is 0.339 e. The number of nitrogens with zero attached hydrogens (tertiary/aromatic N) is 3. The number of fused-ring (bicyclic) bond motifs is 1. The average molecular weight is 529 g/mol. The quantitative estimate of drug-likeness (QED) is 0.112. The molecule has 0 unspecified atom stereocenters. The van der Waals surface area contributed by atoms with Crippen molar-refractivity contribution in [3.63, 3.8) is 0 Å². The van der Waals surface area contributed by atoms with Crippen LogP contribution in [-0.4, -0.2) is 36.2 Å². The van der Waals surface area contributed by atoms with Crippen LogP contribution in [0.5, 0.6) is 5.75 Å². The molecule has 178 valence electrons. The molecule has 4 rings (SSSR count). The molecular weight excluding hydrogens is 512 g/mol.